The van der Waals surface area contributed by atoms with Crippen LogP contribution in [0.3, 0.4) is 0 Å². The van der Waals surface area contributed by atoms with Gasteiger partial charge in [0.05, 0.1) is 0 Å². The summed E-state index contributed by atoms with van der Waals surface area (Å²) in [6.07, 6.45) is 9.80. The molecule has 0 saturated heterocycles. The first-order valence-corrected chi connectivity index (χ1v) is 16.3. The summed E-state index contributed by atoms with van der Waals surface area (Å²) < 4.78 is 0. The number of allylic oxidation sites excluding steroid dienone is 4. The molecule has 6 aromatic carbocycles. The third-order valence-corrected chi connectivity index (χ3v) is 9.26. The Bertz CT molecular complexity index is 1940. The summed E-state index contributed by atoms with van der Waals surface area (Å²) in [5.41, 5.74) is 12.1. The summed E-state index contributed by atoms with van der Waals surface area (Å²) in [5, 5.41) is 0. The lowest BCUT2D eigenvalue weighted by Gasteiger charge is -2.32. The Hall–Kier alpha value is -5.60. The number of hydrogen-bond acceptors (Lipinski definition) is 2. The molecule has 222 valence electrons. The second kappa shape index (κ2) is 12.4. The molecule has 0 fully saturated rings. The fourth-order valence-corrected chi connectivity index (χ4v) is 6.96. The molecule has 0 saturated carbocycles. The van der Waals surface area contributed by atoms with E-state index in [1.54, 1.807) is 0 Å². The SMILES string of the molecule is C1=CC2CCC1C=C2c1cccc(N(c2ccccc2)c2ccc(-c3ccc(N(c4ccccc4)c4ccccc4)cc3)cc2)c1. The third kappa shape index (κ3) is 5.55. The maximum Gasteiger partial charge on any atom is 0.0467 e. The molecule has 0 amide bonds. The van der Waals surface area contributed by atoms with Crippen molar-refractivity contribution in [2.24, 2.45) is 11.8 Å². The summed E-state index contributed by atoms with van der Waals surface area (Å²) in [7, 11) is 0. The van der Waals surface area contributed by atoms with Gasteiger partial charge in [0.25, 0.3) is 0 Å². The van der Waals surface area contributed by atoms with Crippen LogP contribution in [0.5, 0.6) is 0 Å². The highest BCUT2D eigenvalue weighted by Crippen LogP contribution is 2.43. The highest BCUT2D eigenvalue weighted by molar-refractivity contribution is 5.82. The highest BCUT2D eigenvalue weighted by Gasteiger charge is 2.26. The van der Waals surface area contributed by atoms with Crippen LogP contribution in [0.1, 0.15) is 18.4 Å². The van der Waals surface area contributed by atoms with Crippen LogP contribution in [0.15, 0.2) is 182 Å². The molecular formula is C44H36N2. The normalized spacial score (nSPS) is 16.6. The lowest BCUT2D eigenvalue weighted by molar-refractivity contribution is 0.543. The van der Waals surface area contributed by atoms with Gasteiger partial charge in [0.2, 0.25) is 0 Å². The number of anilines is 6. The second-order valence-electron chi connectivity index (χ2n) is 12.2. The van der Waals surface area contributed by atoms with Gasteiger partial charge in [0.15, 0.2) is 0 Å². The first kappa shape index (κ1) is 27.9. The van der Waals surface area contributed by atoms with E-state index in [1.165, 1.54) is 40.8 Å². The first-order valence-electron chi connectivity index (χ1n) is 16.3. The molecule has 3 aliphatic carbocycles. The van der Waals surface area contributed by atoms with Crippen LogP contribution < -0.4 is 9.80 Å². The first-order chi connectivity index (χ1) is 22.8. The fourth-order valence-electron chi connectivity index (χ4n) is 6.96. The van der Waals surface area contributed by atoms with E-state index < -0.39 is 0 Å². The molecular weight excluding hydrogens is 556 g/mol. The van der Waals surface area contributed by atoms with E-state index in [0.29, 0.717) is 11.8 Å². The Morgan fingerprint density at radius 2 is 0.826 bits per heavy atom. The molecule has 0 spiro atoms. The van der Waals surface area contributed by atoms with Crippen molar-refractivity contribution in [2.45, 2.75) is 12.8 Å². The van der Waals surface area contributed by atoms with E-state index in [0.717, 1.165) is 28.4 Å². The molecule has 9 rings (SSSR count). The molecule has 2 heteroatoms. The number of fused-ring (bicyclic) bond motifs is 1. The minimum atomic E-state index is 0.531. The minimum Gasteiger partial charge on any atom is -0.311 e. The molecule has 6 aromatic rings. The molecule has 2 atom stereocenters. The van der Waals surface area contributed by atoms with E-state index in [1.807, 2.05) is 0 Å². The van der Waals surface area contributed by atoms with E-state index >= 15 is 0 Å². The van der Waals surface area contributed by atoms with E-state index in [-0.39, 0.29) is 0 Å². The lowest BCUT2D eigenvalue weighted by Crippen LogP contribution is -2.16. The average Bonchev–Trinajstić information content (AvgIpc) is 3.14. The molecule has 0 aromatic heterocycles. The van der Waals surface area contributed by atoms with Crippen molar-refractivity contribution in [1.29, 1.82) is 0 Å². The summed E-state index contributed by atoms with van der Waals surface area (Å²) >= 11 is 0. The molecule has 0 aliphatic heterocycles. The van der Waals surface area contributed by atoms with Gasteiger partial charge in [-0.15, -0.1) is 0 Å². The van der Waals surface area contributed by atoms with Crippen LogP contribution in [0.2, 0.25) is 0 Å². The zero-order valence-electron chi connectivity index (χ0n) is 25.8. The average molecular weight is 593 g/mol. The van der Waals surface area contributed by atoms with Gasteiger partial charge in [-0.25, -0.2) is 0 Å². The largest absolute Gasteiger partial charge is 0.311 e. The van der Waals surface area contributed by atoms with Crippen LogP contribution in [0.25, 0.3) is 16.7 Å². The van der Waals surface area contributed by atoms with Gasteiger partial charge in [0.1, 0.15) is 0 Å². The standard InChI is InChI=1S/C44H36N2/c1-4-12-38(13-5-1)45(39-14-6-2-7-15-39)41-27-23-34(24-28-41)35-25-29-42(30-26-35)46(40-16-8-3-9-17-40)43-18-10-11-37(32-43)44-31-33-19-21-36(44)22-20-33/h1-19,21,23-33,36H,20,22H2. The third-order valence-electron chi connectivity index (χ3n) is 9.26. The monoisotopic (exact) mass is 592 g/mol. The summed E-state index contributed by atoms with van der Waals surface area (Å²) in [6.45, 7) is 0. The maximum absolute atomic E-state index is 2.49. The van der Waals surface area contributed by atoms with E-state index in [2.05, 4.69) is 192 Å². The Morgan fingerprint density at radius 1 is 0.370 bits per heavy atom. The van der Waals surface area contributed by atoms with Gasteiger partial charge in [0, 0.05) is 40.0 Å². The fraction of sp³-hybridized carbons (Fsp3) is 0.0909. The highest BCUT2D eigenvalue weighted by atomic mass is 15.1. The predicted octanol–water partition coefficient (Wildman–Crippen LogP) is 12.3. The molecule has 2 unspecified atom stereocenters. The Labute approximate surface area is 272 Å². The van der Waals surface area contributed by atoms with Gasteiger partial charge >= 0.3 is 0 Å². The molecule has 46 heavy (non-hydrogen) atoms. The predicted molar refractivity (Wildman–Crippen MR) is 195 cm³/mol. The van der Waals surface area contributed by atoms with Gasteiger partial charge in [-0.2, -0.15) is 0 Å². The zero-order chi connectivity index (χ0) is 30.7. The molecule has 0 heterocycles. The maximum atomic E-state index is 2.49. The lowest BCUT2D eigenvalue weighted by atomic mass is 9.74. The van der Waals surface area contributed by atoms with Crippen molar-refractivity contribution in [2.75, 3.05) is 9.80 Å². The van der Waals surface area contributed by atoms with Gasteiger partial charge in [-0.1, -0.05) is 109 Å². The minimum absolute atomic E-state index is 0.531. The number of benzene rings is 6. The Kier molecular flexibility index (Phi) is 7.54. The number of hydrogen-bond donors (Lipinski definition) is 0. The molecule has 0 radical (unpaired) electrons. The van der Waals surface area contributed by atoms with Gasteiger partial charge in [-0.3, -0.25) is 0 Å². The Morgan fingerprint density at radius 3 is 1.26 bits per heavy atom. The summed E-state index contributed by atoms with van der Waals surface area (Å²) in [4.78, 5) is 4.66. The van der Waals surface area contributed by atoms with Crippen LogP contribution in [-0.2, 0) is 0 Å². The number of nitrogens with zero attached hydrogens (tertiary/aromatic N) is 2. The quantitative estimate of drug-likeness (QED) is 0.162. The van der Waals surface area contributed by atoms with Crippen molar-refractivity contribution in [1.82, 2.24) is 0 Å². The molecule has 0 N–H and O–H groups in total. The topological polar surface area (TPSA) is 6.48 Å². The number of para-hydroxylation sites is 3. The van der Waals surface area contributed by atoms with Gasteiger partial charge < -0.3 is 9.80 Å². The van der Waals surface area contributed by atoms with Crippen LogP contribution in [0, 0.1) is 11.8 Å². The van der Waals surface area contributed by atoms with Crippen molar-refractivity contribution in [3.8, 4) is 11.1 Å². The zero-order valence-corrected chi connectivity index (χ0v) is 25.8. The van der Waals surface area contributed by atoms with E-state index in [4.69, 9.17) is 0 Å². The number of rotatable bonds is 8. The molecule has 2 nitrogen and oxygen atoms in total. The molecule has 2 bridgehead atoms. The van der Waals surface area contributed by atoms with Gasteiger partial charge in [-0.05, 0) is 114 Å². The van der Waals surface area contributed by atoms with Crippen molar-refractivity contribution >= 4 is 39.7 Å². The van der Waals surface area contributed by atoms with E-state index in [9.17, 15) is 0 Å². The van der Waals surface area contributed by atoms with Crippen molar-refractivity contribution < 1.29 is 0 Å². The van der Waals surface area contributed by atoms with Crippen LogP contribution in [0.4, 0.5) is 34.1 Å². The van der Waals surface area contributed by atoms with Crippen LogP contribution >= 0.6 is 0 Å². The Balaban J connectivity index is 1.10. The second-order valence-corrected chi connectivity index (χ2v) is 12.2. The summed E-state index contributed by atoms with van der Waals surface area (Å²) in [5.74, 6) is 1.11. The molecule has 3 aliphatic rings. The smallest absolute Gasteiger partial charge is 0.0467 e. The van der Waals surface area contributed by atoms with Crippen LogP contribution in [-0.4, -0.2) is 0 Å². The summed E-state index contributed by atoms with van der Waals surface area (Å²) in [6, 6.07) is 58.7. The van der Waals surface area contributed by atoms with Crippen molar-refractivity contribution in [3.63, 3.8) is 0 Å². The van der Waals surface area contributed by atoms with Crippen molar-refractivity contribution in [3.05, 3.63) is 188 Å².